The number of para-hydroxylation sites is 4. The predicted octanol–water partition coefficient (Wildman–Crippen LogP) is 16.1. The fourth-order valence-electron chi connectivity index (χ4n) is 7.63. The van der Waals surface area contributed by atoms with Gasteiger partial charge in [-0.2, -0.15) is 21.0 Å². The van der Waals surface area contributed by atoms with Crippen molar-refractivity contribution in [3.63, 3.8) is 0 Å². The van der Waals surface area contributed by atoms with Gasteiger partial charge in [0.2, 0.25) is 0 Å². The van der Waals surface area contributed by atoms with Crippen molar-refractivity contribution in [1.29, 1.82) is 21.0 Å². The number of thiophene rings is 3. The van der Waals surface area contributed by atoms with Gasteiger partial charge in [-0.05, 0) is 120 Å². The standard InChI is InChI=1S/C56H34N6S3/c57-35-41(36-58)55(53-33-30-50(64-53)40-23-27-48(28-24-40)62(45-17-9-3-10-18-45)46-19-11-4-12-20-46)56(42(37-59)38-60)54-34-32-52(65-54)51-31-29-49(63-51)39-21-25-47(26-22-39)61(43-13-5-1-6-14-43)44-15-7-2-8-16-44/h1-34H. The largest absolute Gasteiger partial charge is 0.311 e. The lowest BCUT2D eigenvalue weighted by molar-refractivity contribution is 1.28. The Balaban J connectivity index is 1.01. The van der Waals surface area contributed by atoms with Crippen LogP contribution >= 0.6 is 34.0 Å². The monoisotopic (exact) mass is 886 g/mol. The van der Waals surface area contributed by atoms with E-state index in [2.05, 4.69) is 143 Å². The molecule has 3 heterocycles. The van der Waals surface area contributed by atoms with E-state index in [1.807, 2.05) is 97.1 Å². The summed E-state index contributed by atoms with van der Waals surface area (Å²) in [4.78, 5) is 9.56. The summed E-state index contributed by atoms with van der Waals surface area (Å²) in [6, 6.07) is 77.8. The number of nitriles is 4. The van der Waals surface area contributed by atoms with E-state index >= 15 is 0 Å². The Kier molecular flexibility index (Phi) is 12.4. The Morgan fingerprint density at radius 2 is 0.569 bits per heavy atom. The molecule has 0 aliphatic rings. The van der Waals surface area contributed by atoms with Crippen LogP contribution in [0.5, 0.6) is 0 Å². The molecule has 0 aliphatic carbocycles. The van der Waals surface area contributed by atoms with Crippen LogP contribution in [0, 0.1) is 45.3 Å². The predicted molar refractivity (Wildman–Crippen MR) is 268 cm³/mol. The summed E-state index contributed by atoms with van der Waals surface area (Å²) in [5, 5.41) is 41.3. The number of anilines is 6. The van der Waals surface area contributed by atoms with Crippen molar-refractivity contribution in [3.8, 4) is 54.9 Å². The third-order valence-electron chi connectivity index (χ3n) is 10.6. The van der Waals surface area contributed by atoms with E-state index < -0.39 is 0 Å². The first-order valence-corrected chi connectivity index (χ1v) is 22.9. The molecule has 0 amide bonds. The molecule has 9 aromatic rings. The van der Waals surface area contributed by atoms with Crippen LogP contribution in [0.3, 0.4) is 0 Å². The molecule has 6 nitrogen and oxygen atoms in total. The van der Waals surface area contributed by atoms with Crippen molar-refractivity contribution < 1.29 is 0 Å². The highest BCUT2D eigenvalue weighted by Gasteiger charge is 2.25. The number of allylic oxidation sites excluding steroid dienone is 4. The van der Waals surface area contributed by atoms with Gasteiger partial charge >= 0.3 is 0 Å². The lowest BCUT2D eigenvalue weighted by atomic mass is 9.94. The maximum atomic E-state index is 10.3. The minimum Gasteiger partial charge on any atom is -0.311 e. The Morgan fingerprint density at radius 1 is 0.292 bits per heavy atom. The minimum absolute atomic E-state index is 0.176. The molecule has 0 radical (unpaired) electrons. The van der Waals surface area contributed by atoms with E-state index in [4.69, 9.17) is 0 Å². The van der Waals surface area contributed by atoms with Gasteiger partial charge in [0.05, 0.1) is 0 Å². The van der Waals surface area contributed by atoms with Gasteiger partial charge in [-0.25, -0.2) is 0 Å². The molecule has 9 rings (SSSR count). The average molecular weight is 887 g/mol. The smallest absolute Gasteiger partial charge is 0.139 e. The molecule has 0 atom stereocenters. The molecule has 0 N–H and O–H groups in total. The van der Waals surface area contributed by atoms with Crippen molar-refractivity contribution in [3.05, 3.63) is 227 Å². The molecule has 3 aromatic heterocycles. The second-order valence-corrected chi connectivity index (χ2v) is 17.8. The molecule has 0 bridgehead atoms. The Labute approximate surface area is 389 Å². The number of nitrogens with zero attached hydrogens (tertiary/aromatic N) is 6. The van der Waals surface area contributed by atoms with Crippen molar-refractivity contribution in [2.75, 3.05) is 9.80 Å². The first-order chi connectivity index (χ1) is 32.1. The molecule has 6 aromatic carbocycles. The lowest BCUT2D eigenvalue weighted by Crippen LogP contribution is -2.09. The number of benzene rings is 6. The van der Waals surface area contributed by atoms with Crippen molar-refractivity contribution >= 4 is 79.3 Å². The molecule has 0 saturated heterocycles. The minimum atomic E-state index is -0.178. The van der Waals surface area contributed by atoms with Crippen LogP contribution in [0.2, 0.25) is 0 Å². The topological polar surface area (TPSA) is 102 Å². The average Bonchev–Trinajstić information content (AvgIpc) is 4.18. The highest BCUT2D eigenvalue weighted by Crippen LogP contribution is 2.47. The van der Waals surface area contributed by atoms with Gasteiger partial charge in [0.15, 0.2) is 0 Å². The van der Waals surface area contributed by atoms with Crippen molar-refractivity contribution in [2.24, 2.45) is 0 Å². The SMILES string of the molecule is N#CC(C#N)=C(C(=C(C#N)C#N)c1ccc(-c2ccc(-c3ccc(N(c4ccccc4)c4ccccc4)cc3)s2)s1)c1ccc(-c2ccc(N(c3ccccc3)c3ccccc3)cc2)s1. The molecule has 0 saturated carbocycles. The first kappa shape index (κ1) is 41.8. The van der Waals surface area contributed by atoms with Gasteiger partial charge < -0.3 is 9.80 Å². The maximum absolute atomic E-state index is 10.3. The Morgan fingerprint density at radius 3 is 0.938 bits per heavy atom. The molecular weight excluding hydrogens is 853 g/mol. The molecule has 0 fully saturated rings. The van der Waals surface area contributed by atoms with Crippen LogP contribution < -0.4 is 9.80 Å². The normalized spacial score (nSPS) is 10.4. The number of hydrogen-bond donors (Lipinski definition) is 0. The van der Waals surface area contributed by atoms with E-state index in [0.717, 1.165) is 64.8 Å². The van der Waals surface area contributed by atoms with E-state index in [-0.39, 0.29) is 22.3 Å². The van der Waals surface area contributed by atoms with E-state index in [1.165, 1.54) is 22.7 Å². The zero-order valence-corrected chi connectivity index (χ0v) is 37.0. The second kappa shape index (κ2) is 19.2. The summed E-state index contributed by atoms with van der Waals surface area (Å²) in [5.74, 6) is 0. The first-order valence-electron chi connectivity index (χ1n) is 20.5. The lowest BCUT2D eigenvalue weighted by Gasteiger charge is -2.25. The highest BCUT2D eigenvalue weighted by molar-refractivity contribution is 7.24. The van der Waals surface area contributed by atoms with E-state index in [9.17, 15) is 21.0 Å². The van der Waals surface area contributed by atoms with Gasteiger partial charge in [-0.3, -0.25) is 0 Å². The summed E-state index contributed by atoms with van der Waals surface area (Å²) >= 11 is 4.47. The second-order valence-electron chi connectivity index (χ2n) is 14.5. The molecule has 306 valence electrons. The summed E-state index contributed by atoms with van der Waals surface area (Å²) in [7, 11) is 0. The molecule has 0 spiro atoms. The maximum Gasteiger partial charge on any atom is 0.139 e. The van der Waals surface area contributed by atoms with Crippen molar-refractivity contribution in [2.45, 2.75) is 0 Å². The summed E-state index contributed by atoms with van der Waals surface area (Å²) in [6.45, 7) is 0. The van der Waals surface area contributed by atoms with Gasteiger partial charge in [-0.1, -0.05) is 97.1 Å². The summed E-state index contributed by atoms with van der Waals surface area (Å²) in [6.07, 6.45) is 0. The quantitative estimate of drug-likeness (QED) is 0.0894. The van der Waals surface area contributed by atoms with E-state index in [1.54, 1.807) is 11.3 Å². The fourth-order valence-corrected chi connectivity index (χ4v) is 10.9. The summed E-state index contributed by atoms with van der Waals surface area (Å²) in [5.41, 5.74) is 8.41. The van der Waals surface area contributed by atoms with Gasteiger partial charge in [0, 0.05) is 74.5 Å². The molecule has 9 heteroatoms. The van der Waals surface area contributed by atoms with Crippen LogP contribution in [0.1, 0.15) is 9.75 Å². The fraction of sp³-hybridized carbons (Fsp3) is 0. The molecular formula is C56H34N6S3. The van der Waals surface area contributed by atoms with Crippen LogP contribution in [-0.4, -0.2) is 0 Å². The van der Waals surface area contributed by atoms with Crippen LogP contribution in [0.25, 0.3) is 41.8 Å². The number of rotatable bonds is 12. The molecule has 0 aliphatic heterocycles. The van der Waals surface area contributed by atoms with Crippen LogP contribution in [-0.2, 0) is 0 Å². The van der Waals surface area contributed by atoms with Gasteiger partial charge in [0.25, 0.3) is 0 Å². The van der Waals surface area contributed by atoms with E-state index in [0.29, 0.717) is 9.75 Å². The van der Waals surface area contributed by atoms with Crippen LogP contribution in [0.15, 0.2) is 217 Å². The molecule has 0 unspecified atom stereocenters. The zero-order chi connectivity index (χ0) is 44.5. The van der Waals surface area contributed by atoms with Gasteiger partial charge in [0.1, 0.15) is 35.4 Å². The zero-order valence-electron chi connectivity index (χ0n) is 34.5. The highest BCUT2D eigenvalue weighted by atomic mass is 32.1. The van der Waals surface area contributed by atoms with Crippen LogP contribution in [0.4, 0.5) is 34.1 Å². The Bertz CT molecular complexity index is 3230. The Hall–Kier alpha value is -8.54. The summed E-state index contributed by atoms with van der Waals surface area (Å²) < 4.78 is 0. The number of hydrogen-bond acceptors (Lipinski definition) is 9. The third kappa shape index (κ3) is 8.77. The van der Waals surface area contributed by atoms with Gasteiger partial charge in [-0.15, -0.1) is 34.0 Å². The van der Waals surface area contributed by atoms with Crippen molar-refractivity contribution in [1.82, 2.24) is 0 Å². The third-order valence-corrected chi connectivity index (χ3v) is 14.2. The molecule has 65 heavy (non-hydrogen) atoms.